The first-order valence-electron chi connectivity index (χ1n) is 3.40. The van der Waals surface area contributed by atoms with Gasteiger partial charge < -0.3 is 14.7 Å². The molecule has 0 radical (unpaired) electrons. The van der Waals surface area contributed by atoms with Crippen LogP contribution < -0.4 is 0 Å². The third kappa shape index (κ3) is 1.94. The lowest BCUT2D eigenvalue weighted by molar-refractivity contribution is 0.00576. The first-order valence-corrected chi connectivity index (χ1v) is 3.40. The van der Waals surface area contributed by atoms with E-state index in [1.807, 2.05) is 0 Å². The molecule has 11 heavy (non-hydrogen) atoms. The molecule has 1 aliphatic heterocycles. The second-order valence-corrected chi connectivity index (χ2v) is 2.63. The van der Waals surface area contributed by atoms with E-state index in [0.29, 0.717) is 18.8 Å². The van der Waals surface area contributed by atoms with Crippen LogP contribution in [0.5, 0.6) is 0 Å². The van der Waals surface area contributed by atoms with Crippen LogP contribution in [0.2, 0.25) is 0 Å². The Kier molecular flexibility index (Phi) is 2.14. The van der Waals surface area contributed by atoms with E-state index < -0.39 is 6.09 Å². The number of likely N-dealkylation sites (tertiary alicyclic amines) is 1. The molecule has 0 aromatic heterocycles. The van der Waals surface area contributed by atoms with Gasteiger partial charge in [0.1, 0.15) is 0 Å². The minimum atomic E-state index is -0.428. The van der Waals surface area contributed by atoms with Crippen LogP contribution in [0.1, 0.15) is 6.92 Å². The summed E-state index contributed by atoms with van der Waals surface area (Å²) in [6.45, 7) is 5.76. The maximum Gasteiger partial charge on any atom is 0.415 e. The zero-order valence-corrected chi connectivity index (χ0v) is 6.41. The SMILES string of the molecule is C=C(C)OC(=O)N1CC(O)C1. The molecule has 4 heteroatoms. The average molecular weight is 157 g/mol. The van der Waals surface area contributed by atoms with Crippen molar-refractivity contribution in [2.75, 3.05) is 13.1 Å². The standard InChI is InChI=1S/C7H11NO3/c1-5(2)11-7(10)8-3-6(9)4-8/h6,9H,1,3-4H2,2H3. The molecule has 0 unspecified atom stereocenters. The van der Waals surface area contributed by atoms with Crippen molar-refractivity contribution in [3.8, 4) is 0 Å². The molecule has 0 aliphatic carbocycles. The fourth-order valence-corrected chi connectivity index (χ4v) is 0.818. The highest BCUT2D eigenvalue weighted by atomic mass is 16.6. The van der Waals surface area contributed by atoms with E-state index in [9.17, 15) is 4.79 Å². The first-order chi connectivity index (χ1) is 5.09. The number of amides is 1. The van der Waals surface area contributed by atoms with Crippen molar-refractivity contribution in [3.63, 3.8) is 0 Å². The lowest BCUT2D eigenvalue weighted by Crippen LogP contribution is -2.53. The monoisotopic (exact) mass is 157 g/mol. The van der Waals surface area contributed by atoms with Crippen molar-refractivity contribution in [1.29, 1.82) is 0 Å². The average Bonchev–Trinajstić information content (AvgIpc) is 1.79. The largest absolute Gasteiger partial charge is 0.416 e. The second kappa shape index (κ2) is 2.92. The van der Waals surface area contributed by atoms with Gasteiger partial charge in [0.2, 0.25) is 0 Å². The van der Waals surface area contributed by atoms with Gasteiger partial charge in [-0.05, 0) is 6.92 Å². The summed E-state index contributed by atoms with van der Waals surface area (Å²) in [6.07, 6.45) is -0.810. The van der Waals surface area contributed by atoms with Crippen molar-refractivity contribution >= 4 is 6.09 Å². The molecule has 1 saturated heterocycles. The van der Waals surface area contributed by atoms with Gasteiger partial charge in [0, 0.05) is 0 Å². The number of aliphatic hydroxyl groups is 1. The summed E-state index contributed by atoms with van der Waals surface area (Å²) in [5, 5.41) is 8.83. The Morgan fingerprint density at radius 2 is 2.27 bits per heavy atom. The van der Waals surface area contributed by atoms with Gasteiger partial charge >= 0.3 is 6.09 Å². The molecule has 0 aromatic carbocycles. The van der Waals surface area contributed by atoms with Crippen molar-refractivity contribution in [1.82, 2.24) is 4.90 Å². The second-order valence-electron chi connectivity index (χ2n) is 2.63. The van der Waals surface area contributed by atoms with E-state index in [1.54, 1.807) is 6.92 Å². The molecule has 1 heterocycles. The van der Waals surface area contributed by atoms with Gasteiger partial charge in [-0.2, -0.15) is 0 Å². The topological polar surface area (TPSA) is 49.8 Å². The van der Waals surface area contributed by atoms with Gasteiger partial charge in [-0.1, -0.05) is 6.58 Å². The summed E-state index contributed by atoms with van der Waals surface area (Å²) in [5.74, 6) is 0.372. The zero-order valence-electron chi connectivity index (χ0n) is 6.41. The van der Waals surface area contributed by atoms with E-state index in [2.05, 4.69) is 11.3 Å². The summed E-state index contributed by atoms with van der Waals surface area (Å²) >= 11 is 0. The minimum Gasteiger partial charge on any atom is -0.416 e. The molecule has 4 nitrogen and oxygen atoms in total. The first kappa shape index (κ1) is 8.07. The Morgan fingerprint density at radius 1 is 1.73 bits per heavy atom. The van der Waals surface area contributed by atoms with Crippen LogP contribution in [0.25, 0.3) is 0 Å². The lowest BCUT2D eigenvalue weighted by Gasteiger charge is -2.34. The number of nitrogens with zero attached hydrogens (tertiary/aromatic N) is 1. The fourth-order valence-electron chi connectivity index (χ4n) is 0.818. The van der Waals surface area contributed by atoms with Gasteiger partial charge in [0.25, 0.3) is 0 Å². The van der Waals surface area contributed by atoms with Crippen LogP contribution >= 0.6 is 0 Å². The molecule has 1 rings (SSSR count). The fraction of sp³-hybridized carbons (Fsp3) is 0.571. The van der Waals surface area contributed by atoms with Crippen LogP contribution in [0.3, 0.4) is 0 Å². The number of allylic oxidation sites excluding steroid dienone is 1. The predicted molar refractivity (Wildman–Crippen MR) is 38.9 cm³/mol. The van der Waals surface area contributed by atoms with E-state index in [0.717, 1.165) is 0 Å². The Morgan fingerprint density at radius 3 is 2.64 bits per heavy atom. The molecule has 0 bridgehead atoms. The number of carbonyl (C=O) groups excluding carboxylic acids is 1. The quantitative estimate of drug-likeness (QED) is 0.558. The highest BCUT2D eigenvalue weighted by molar-refractivity contribution is 5.69. The third-order valence-electron chi connectivity index (χ3n) is 1.38. The number of hydrogen-bond donors (Lipinski definition) is 1. The predicted octanol–water partition coefficient (Wildman–Crippen LogP) is 0.333. The molecular weight excluding hydrogens is 146 g/mol. The van der Waals surface area contributed by atoms with Crippen LogP contribution in [-0.2, 0) is 4.74 Å². The van der Waals surface area contributed by atoms with E-state index in [4.69, 9.17) is 5.11 Å². The highest BCUT2D eigenvalue weighted by Crippen LogP contribution is 2.10. The normalized spacial score (nSPS) is 17.5. The smallest absolute Gasteiger partial charge is 0.415 e. The van der Waals surface area contributed by atoms with Crippen LogP contribution in [0.15, 0.2) is 12.3 Å². The van der Waals surface area contributed by atoms with E-state index in [-0.39, 0.29) is 6.10 Å². The molecule has 1 fully saturated rings. The van der Waals surface area contributed by atoms with Crippen molar-refractivity contribution < 1.29 is 14.6 Å². The maximum atomic E-state index is 10.9. The van der Waals surface area contributed by atoms with Gasteiger partial charge in [0.05, 0.1) is 25.0 Å². The number of hydrogen-bond acceptors (Lipinski definition) is 3. The molecule has 1 amide bonds. The molecule has 0 saturated carbocycles. The van der Waals surface area contributed by atoms with Crippen molar-refractivity contribution in [3.05, 3.63) is 12.3 Å². The molecular formula is C7H11NO3. The summed E-state index contributed by atoms with van der Waals surface area (Å²) in [5.41, 5.74) is 0. The number of β-amino-alcohol motifs (C(OH)–C–C–N with tert-alkyl or cyclic N) is 1. The third-order valence-corrected chi connectivity index (χ3v) is 1.38. The van der Waals surface area contributed by atoms with Gasteiger partial charge in [0.15, 0.2) is 0 Å². The van der Waals surface area contributed by atoms with Gasteiger partial charge in [-0.25, -0.2) is 4.79 Å². The Balaban J connectivity index is 2.27. The Bertz CT molecular complexity index is 184. The van der Waals surface area contributed by atoms with Crippen LogP contribution in [-0.4, -0.2) is 35.3 Å². The molecule has 62 valence electrons. The molecule has 0 aromatic rings. The van der Waals surface area contributed by atoms with Gasteiger partial charge in [-0.3, -0.25) is 0 Å². The van der Waals surface area contributed by atoms with Crippen molar-refractivity contribution in [2.45, 2.75) is 13.0 Å². The summed E-state index contributed by atoms with van der Waals surface area (Å²) < 4.78 is 4.68. The molecule has 0 spiro atoms. The highest BCUT2D eigenvalue weighted by Gasteiger charge is 2.29. The number of rotatable bonds is 1. The summed E-state index contributed by atoms with van der Waals surface area (Å²) in [6, 6.07) is 0. The minimum absolute atomic E-state index is 0.367. The van der Waals surface area contributed by atoms with E-state index in [1.165, 1.54) is 4.90 Å². The Hall–Kier alpha value is -1.03. The van der Waals surface area contributed by atoms with Crippen molar-refractivity contribution in [2.24, 2.45) is 0 Å². The molecule has 1 N–H and O–H groups in total. The number of ether oxygens (including phenoxy) is 1. The van der Waals surface area contributed by atoms with Gasteiger partial charge in [-0.15, -0.1) is 0 Å². The summed E-state index contributed by atoms with van der Waals surface area (Å²) in [7, 11) is 0. The lowest BCUT2D eigenvalue weighted by atomic mass is 10.2. The van der Waals surface area contributed by atoms with Crippen LogP contribution in [0, 0.1) is 0 Å². The summed E-state index contributed by atoms with van der Waals surface area (Å²) in [4.78, 5) is 12.3. The number of carbonyl (C=O) groups is 1. The zero-order chi connectivity index (χ0) is 8.43. The molecule has 0 atom stereocenters. The maximum absolute atomic E-state index is 10.9. The van der Waals surface area contributed by atoms with E-state index >= 15 is 0 Å². The Labute approximate surface area is 65.1 Å². The number of aliphatic hydroxyl groups excluding tert-OH is 1. The molecule has 1 aliphatic rings. The van der Waals surface area contributed by atoms with Crippen LogP contribution in [0.4, 0.5) is 4.79 Å².